The molecule has 0 saturated heterocycles. The molecule has 2 N–H and O–H groups in total. The highest BCUT2D eigenvalue weighted by atomic mass is 32.2. The van der Waals surface area contributed by atoms with Crippen molar-refractivity contribution in [3.63, 3.8) is 0 Å². The Hall–Kier alpha value is -1.99. The van der Waals surface area contributed by atoms with E-state index in [1.165, 1.54) is 12.1 Å². The topological polar surface area (TPSA) is 95.2 Å². The van der Waals surface area contributed by atoms with Gasteiger partial charge in [-0.15, -0.1) is 5.10 Å². The third kappa shape index (κ3) is 3.49. The molecule has 1 aromatic carbocycles. The van der Waals surface area contributed by atoms with E-state index in [9.17, 15) is 8.42 Å². The summed E-state index contributed by atoms with van der Waals surface area (Å²) in [5, 5.41) is 7.68. The second kappa shape index (κ2) is 5.33. The van der Waals surface area contributed by atoms with Gasteiger partial charge in [-0.3, -0.25) is 0 Å². The molecule has 0 atom stereocenters. The van der Waals surface area contributed by atoms with Gasteiger partial charge in [0.15, 0.2) is 9.84 Å². The number of ether oxygens (including phenoxy) is 1. The van der Waals surface area contributed by atoms with Crippen molar-refractivity contribution >= 4 is 9.84 Å². The predicted molar refractivity (Wildman–Crippen MR) is 69.5 cm³/mol. The molecule has 0 aliphatic carbocycles. The summed E-state index contributed by atoms with van der Waals surface area (Å²) in [7, 11) is -3.26. The van der Waals surface area contributed by atoms with E-state index in [1.54, 1.807) is 24.3 Å². The lowest BCUT2D eigenvalue weighted by molar-refractivity contribution is 0.452. The van der Waals surface area contributed by atoms with E-state index in [0.29, 0.717) is 18.0 Å². The summed E-state index contributed by atoms with van der Waals surface area (Å²) in [5.74, 6) is 0.667. The van der Waals surface area contributed by atoms with Crippen molar-refractivity contribution in [1.29, 1.82) is 0 Å². The highest BCUT2D eigenvalue weighted by Gasteiger charge is 2.08. The van der Waals surface area contributed by atoms with Crippen LogP contribution in [0.5, 0.6) is 11.6 Å². The van der Waals surface area contributed by atoms with Gasteiger partial charge in [-0.1, -0.05) is 6.07 Å². The molecule has 0 bridgehead atoms. The summed E-state index contributed by atoms with van der Waals surface area (Å²) in [6.45, 7) is 0.302. The van der Waals surface area contributed by atoms with Crippen LogP contribution < -0.4 is 10.5 Å². The second-order valence-corrected chi connectivity index (χ2v) is 5.93. The molecule has 0 unspecified atom stereocenters. The molecular formula is C12H13N3O3S. The smallest absolute Gasteiger partial charge is 0.238 e. The fourth-order valence-electron chi connectivity index (χ4n) is 1.40. The van der Waals surface area contributed by atoms with Crippen molar-refractivity contribution in [1.82, 2.24) is 10.2 Å². The first-order valence-corrected chi connectivity index (χ1v) is 7.39. The SMILES string of the molecule is CS(=O)(=O)c1cccc(Oc2ccc(CN)nn2)c1. The van der Waals surface area contributed by atoms with Gasteiger partial charge in [0.1, 0.15) is 5.75 Å². The number of sulfone groups is 1. The zero-order valence-electron chi connectivity index (χ0n) is 10.3. The number of aromatic nitrogens is 2. The van der Waals surface area contributed by atoms with Crippen molar-refractivity contribution in [2.45, 2.75) is 11.4 Å². The van der Waals surface area contributed by atoms with E-state index in [0.717, 1.165) is 6.26 Å². The van der Waals surface area contributed by atoms with Crippen LogP contribution >= 0.6 is 0 Å². The van der Waals surface area contributed by atoms with Crippen molar-refractivity contribution in [3.8, 4) is 11.6 Å². The first kappa shape index (κ1) is 13.4. The van der Waals surface area contributed by atoms with Gasteiger partial charge in [0.2, 0.25) is 5.88 Å². The van der Waals surface area contributed by atoms with E-state index >= 15 is 0 Å². The Balaban J connectivity index is 2.23. The second-order valence-electron chi connectivity index (χ2n) is 3.92. The molecule has 0 fully saturated rings. The molecule has 0 aliphatic heterocycles. The number of nitrogens with two attached hydrogens (primary N) is 1. The molecule has 100 valence electrons. The van der Waals surface area contributed by atoms with Crippen LogP contribution in [0, 0.1) is 0 Å². The van der Waals surface area contributed by atoms with E-state index in [2.05, 4.69) is 10.2 Å². The first-order chi connectivity index (χ1) is 8.99. The molecule has 0 radical (unpaired) electrons. The molecular weight excluding hydrogens is 266 g/mol. The summed E-state index contributed by atoms with van der Waals surface area (Å²) in [4.78, 5) is 0.191. The fourth-order valence-corrected chi connectivity index (χ4v) is 2.06. The average Bonchev–Trinajstić information content (AvgIpc) is 2.39. The Morgan fingerprint density at radius 3 is 2.58 bits per heavy atom. The normalized spacial score (nSPS) is 11.3. The zero-order chi connectivity index (χ0) is 13.9. The van der Waals surface area contributed by atoms with Gasteiger partial charge < -0.3 is 10.5 Å². The molecule has 0 saturated carbocycles. The van der Waals surface area contributed by atoms with Crippen LogP contribution in [0.1, 0.15) is 5.69 Å². The molecule has 2 aromatic rings. The van der Waals surface area contributed by atoms with Crippen LogP contribution in [0.3, 0.4) is 0 Å². The van der Waals surface area contributed by atoms with Gasteiger partial charge >= 0.3 is 0 Å². The summed E-state index contributed by atoms with van der Waals surface area (Å²) in [6, 6.07) is 9.52. The lowest BCUT2D eigenvalue weighted by Crippen LogP contribution is -2.01. The standard InChI is InChI=1S/C12H13N3O3S/c1-19(16,17)11-4-2-3-10(7-11)18-12-6-5-9(8-13)14-15-12/h2-7H,8,13H2,1H3. The molecule has 19 heavy (non-hydrogen) atoms. The highest BCUT2D eigenvalue weighted by Crippen LogP contribution is 2.22. The quantitative estimate of drug-likeness (QED) is 0.901. The van der Waals surface area contributed by atoms with Crippen LogP contribution in [-0.4, -0.2) is 24.9 Å². The monoisotopic (exact) mass is 279 g/mol. The Bertz CT molecular complexity index is 669. The van der Waals surface area contributed by atoms with Crippen LogP contribution in [0.2, 0.25) is 0 Å². The molecule has 0 amide bonds. The summed E-state index contributed by atoms with van der Waals surface area (Å²) in [5.41, 5.74) is 6.06. The van der Waals surface area contributed by atoms with Crippen molar-refractivity contribution in [2.24, 2.45) is 5.73 Å². The number of hydrogen-bond donors (Lipinski definition) is 1. The fraction of sp³-hybridized carbons (Fsp3) is 0.167. The molecule has 0 spiro atoms. The van der Waals surface area contributed by atoms with Gasteiger partial charge in [0.25, 0.3) is 0 Å². The van der Waals surface area contributed by atoms with E-state index in [1.807, 2.05) is 0 Å². The van der Waals surface area contributed by atoms with E-state index < -0.39 is 9.84 Å². The minimum absolute atomic E-state index is 0.191. The summed E-state index contributed by atoms with van der Waals surface area (Å²) >= 11 is 0. The Morgan fingerprint density at radius 2 is 2.00 bits per heavy atom. The zero-order valence-corrected chi connectivity index (χ0v) is 11.1. The van der Waals surface area contributed by atoms with Crippen LogP contribution in [0.4, 0.5) is 0 Å². The number of benzene rings is 1. The minimum Gasteiger partial charge on any atom is -0.437 e. The average molecular weight is 279 g/mol. The van der Waals surface area contributed by atoms with Gasteiger partial charge in [-0.25, -0.2) is 8.42 Å². The maximum absolute atomic E-state index is 11.4. The van der Waals surface area contributed by atoms with Crippen molar-refractivity contribution in [2.75, 3.05) is 6.26 Å². The number of nitrogens with zero attached hydrogens (tertiary/aromatic N) is 2. The number of rotatable bonds is 4. The molecule has 2 rings (SSSR count). The summed E-state index contributed by atoms with van der Waals surface area (Å²) < 4.78 is 28.3. The highest BCUT2D eigenvalue weighted by molar-refractivity contribution is 7.90. The minimum atomic E-state index is -3.26. The van der Waals surface area contributed by atoms with Crippen LogP contribution in [-0.2, 0) is 16.4 Å². The third-order valence-corrected chi connectivity index (χ3v) is 3.47. The number of hydrogen-bond acceptors (Lipinski definition) is 6. The lowest BCUT2D eigenvalue weighted by atomic mass is 10.3. The van der Waals surface area contributed by atoms with Crippen molar-refractivity contribution in [3.05, 3.63) is 42.1 Å². The molecule has 0 aliphatic rings. The van der Waals surface area contributed by atoms with Gasteiger partial charge in [-0.2, -0.15) is 5.10 Å². The third-order valence-electron chi connectivity index (χ3n) is 2.36. The maximum atomic E-state index is 11.4. The Labute approximate surface area is 111 Å². The van der Waals surface area contributed by atoms with Gasteiger partial charge in [-0.05, 0) is 24.3 Å². The van der Waals surface area contributed by atoms with Gasteiger partial charge in [0, 0.05) is 18.9 Å². The summed E-state index contributed by atoms with van der Waals surface area (Å²) in [6.07, 6.45) is 1.14. The Kier molecular flexibility index (Phi) is 3.77. The molecule has 1 heterocycles. The van der Waals surface area contributed by atoms with E-state index in [-0.39, 0.29) is 10.8 Å². The Morgan fingerprint density at radius 1 is 1.21 bits per heavy atom. The van der Waals surface area contributed by atoms with Crippen molar-refractivity contribution < 1.29 is 13.2 Å². The largest absolute Gasteiger partial charge is 0.437 e. The van der Waals surface area contributed by atoms with E-state index in [4.69, 9.17) is 10.5 Å². The predicted octanol–water partition coefficient (Wildman–Crippen LogP) is 1.13. The molecule has 1 aromatic heterocycles. The first-order valence-electron chi connectivity index (χ1n) is 5.50. The lowest BCUT2D eigenvalue weighted by Gasteiger charge is -2.05. The van der Waals surface area contributed by atoms with Crippen LogP contribution in [0.25, 0.3) is 0 Å². The molecule has 6 nitrogen and oxygen atoms in total. The van der Waals surface area contributed by atoms with Crippen LogP contribution in [0.15, 0.2) is 41.3 Å². The van der Waals surface area contributed by atoms with Gasteiger partial charge in [0.05, 0.1) is 10.6 Å². The maximum Gasteiger partial charge on any atom is 0.238 e. The molecule has 7 heteroatoms.